The zero-order valence-corrected chi connectivity index (χ0v) is 7.01. The smallest absolute Gasteiger partial charge is 0.250 e. The maximum Gasteiger partial charge on any atom is 0.250 e. The van der Waals surface area contributed by atoms with Crippen molar-refractivity contribution in [3.63, 3.8) is 0 Å². The van der Waals surface area contributed by atoms with E-state index in [1.54, 1.807) is 0 Å². The van der Waals surface area contributed by atoms with E-state index >= 15 is 0 Å². The van der Waals surface area contributed by atoms with Gasteiger partial charge < -0.3 is 10.5 Å². The summed E-state index contributed by atoms with van der Waals surface area (Å²) in [7, 11) is 0. The molecule has 0 bridgehead atoms. The Balaban J connectivity index is 2.72. The Labute approximate surface area is 74.3 Å². The van der Waals surface area contributed by atoms with Crippen molar-refractivity contribution < 1.29 is 9.13 Å². The van der Waals surface area contributed by atoms with E-state index in [1.165, 1.54) is 6.20 Å². The topological polar surface area (TPSA) is 48.1 Å². The highest BCUT2D eigenvalue weighted by molar-refractivity contribution is 6.30. The van der Waals surface area contributed by atoms with Gasteiger partial charge in [0.1, 0.15) is 6.61 Å². The van der Waals surface area contributed by atoms with Gasteiger partial charge in [0.05, 0.1) is 5.02 Å². The molecule has 0 aliphatic heterocycles. The van der Waals surface area contributed by atoms with Crippen molar-refractivity contribution in [3.05, 3.63) is 23.1 Å². The Kier molecular flexibility index (Phi) is 3.25. The van der Waals surface area contributed by atoms with Crippen molar-refractivity contribution in [3.8, 4) is 5.88 Å². The average Bonchev–Trinajstić information content (AvgIpc) is 2.03. The van der Waals surface area contributed by atoms with Crippen molar-refractivity contribution in [2.75, 3.05) is 13.2 Å². The van der Waals surface area contributed by atoms with E-state index in [9.17, 15) is 4.39 Å². The highest BCUT2D eigenvalue weighted by Crippen LogP contribution is 2.16. The molecule has 1 aromatic heterocycles. The van der Waals surface area contributed by atoms with Gasteiger partial charge in [0, 0.05) is 12.7 Å². The molecule has 0 saturated heterocycles. The number of aromatic nitrogens is 1. The fraction of sp³-hybridized carbons (Fsp3) is 0.286. The summed E-state index contributed by atoms with van der Waals surface area (Å²) < 4.78 is 17.7. The largest absolute Gasteiger partial charge is 0.474 e. The number of nitrogens with zero attached hydrogens (tertiary/aromatic N) is 1. The van der Waals surface area contributed by atoms with Gasteiger partial charge in [0.15, 0.2) is 5.82 Å². The Bertz CT molecular complexity index is 270. The molecule has 0 amide bonds. The lowest BCUT2D eigenvalue weighted by Crippen LogP contribution is -2.11. The summed E-state index contributed by atoms with van der Waals surface area (Å²) in [5.41, 5.74) is 5.16. The lowest BCUT2D eigenvalue weighted by atomic mass is 10.4. The third kappa shape index (κ3) is 2.32. The minimum atomic E-state index is -0.573. The van der Waals surface area contributed by atoms with Crippen LogP contribution in [0.2, 0.25) is 5.02 Å². The molecule has 12 heavy (non-hydrogen) atoms. The Hall–Kier alpha value is -0.870. The standard InChI is InChI=1S/C7H8ClFN2O/c8-5-3-6(9)7(11-4-5)12-2-1-10/h3-4H,1-2,10H2. The van der Waals surface area contributed by atoms with Gasteiger partial charge in [-0.25, -0.2) is 9.37 Å². The van der Waals surface area contributed by atoms with E-state index in [1.807, 2.05) is 0 Å². The average molecular weight is 191 g/mol. The van der Waals surface area contributed by atoms with Crippen LogP contribution < -0.4 is 10.5 Å². The predicted octanol–water partition coefficient (Wildman–Crippen LogP) is 1.21. The monoisotopic (exact) mass is 190 g/mol. The van der Waals surface area contributed by atoms with Gasteiger partial charge >= 0.3 is 0 Å². The van der Waals surface area contributed by atoms with Crippen LogP contribution in [0.15, 0.2) is 12.3 Å². The first-order chi connectivity index (χ1) is 5.74. The summed E-state index contributed by atoms with van der Waals surface area (Å²) in [6.45, 7) is 0.565. The van der Waals surface area contributed by atoms with Gasteiger partial charge in [0.25, 0.3) is 5.88 Å². The first kappa shape index (κ1) is 9.22. The van der Waals surface area contributed by atoms with Crippen molar-refractivity contribution in [2.45, 2.75) is 0 Å². The molecular weight excluding hydrogens is 183 g/mol. The minimum Gasteiger partial charge on any atom is -0.474 e. The van der Waals surface area contributed by atoms with Crippen LogP contribution in [-0.4, -0.2) is 18.1 Å². The highest BCUT2D eigenvalue weighted by Gasteiger charge is 2.04. The van der Waals surface area contributed by atoms with Gasteiger partial charge in [-0.1, -0.05) is 11.6 Å². The lowest BCUT2D eigenvalue weighted by Gasteiger charge is -2.03. The van der Waals surface area contributed by atoms with Gasteiger partial charge in [-0.15, -0.1) is 0 Å². The van der Waals surface area contributed by atoms with Crippen LogP contribution in [-0.2, 0) is 0 Å². The molecule has 0 aromatic carbocycles. The van der Waals surface area contributed by atoms with Crippen LogP contribution in [0.4, 0.5) is 4.39 Å². The van der Waals surface area contributed by atoms with E-state index in [2.05, 4.69) is 4.98 Å². The normalized spacial score (nSPS) is 9.92. The minimum absolute atomic E-state index is 0.0650. The number of hydrogen-bond acceptors (Lipinski definition) is 3. The number of rotatable bonds is 3. The van der Waals surface area contributed by atoms with E-state index in [-0.39, 0.29) is 17.5 Å². The number of ether oxygens (including phenoxy) is 1. The van der Waals surface area contributed by atoms with Gasteiger partial charge in [-0.2, -0.15) is 0 Å². The summed E-state index contributed by atoms with van der Waals surface area (Å²) >= 11 is 5.47. The van der Waals surface area contributed by atoms with Crippen molar-refractivity contribution in [2.24, 2.45) is 5.73 Å². The maximum atomic E-state index is 12.9. The summed E-state index contributed by atoms with van der Waals surface area (Å²) in [5, 5.41) is 0.243. The zero-order valence-electron chi connectivity index (χ0n) is 6.26. The van der Waals surface area contributed by atoms with Gasteiger partial charge in [0.2, 0.25) is 0 Å². The molecule has 1 aromatic rings. The quantitative estimate of drug-likeness (QED) is 0.780. The zero-order chi connectivity index (χ0) is 8.97. The second-order valence-electron chi connectivity index (χ2n) is 2.08. The molecule has 0 atom stereocenters. The molecule has 1 rings (SSSR count). The predicted molar refractivity (Wildman–Crippen MR) is 43.8 cm³/mol. The second-order valence-corrected chi connectivity index (χ2v) is 2.51. The van der Waals surface area contributed by atoms with E-state index < -0.39 is 5.82 Å². The van der Waals surface area contributed by atoms with Crippen molar-refractivity contribution >= 4 is 11.6 Å². The lowest BCUT2D eigenvalue weighted by molar-refractivity contribution is 0.297. The van der Waals surface area contributed by atoms with E-state index in [4.69, 9.17) is 22.1 Å². The van der Waals surface area contributed by atoms with Gasteiger partial charge in [-0.3, -0.25) is 0 Å². The SMILES string of the molecule is NCCOc1ncc(Cl)cc1F. The van der Waals surface area contributed by atoms with Crippen LogP contribution in [0.1, 0.15) is 0 Å². The third-order valence-electron chi connectivity index (χ3n) is 1.13. The van der Waals surface area contributed by atoms with Crippen LogP contribution in [0.5, 0.6) is 5.88 Å². The fourth-order valence-corrected chi connectivity index (χ4v) is 0.808. The number of hydrogen-bond donors (Lipinski definition) is 1. The molecule has 0 fully saturated rings. The maximum absolute atomic E-state index is 12.9. The summed E-state index contributed by atoms with van der Waals surface area (Å²) in [6, 6.07) is 1.14. The van der Waals surface area contributed by atoms with Crippen molar-refractivity contribution in [1.29, 1.82) is 0 Å². The van der Waals surface area contributed by atoms with Crippen LogP contribution >= 0.6 is 11.6 Å². The molecule has 2 N–H and O–H groups in total. The van der Waals surface area contributed by atoms with E-state index in [0.717, 1.165) is 6.07 Å². The fourth-order valence-electron chi connectivity index (χ4n) is 0.664. The summed E-state index contributed by atoms with van der Waals surface area (Å²) in [5.74, 6) is -0.638. The van der Waals surface area contributed by atoms with E-state index in [0.29, 0.717) is 6.54 Å². The molecule has 5 heteroatoms. The molecule has 0 spiro atoms. The summed E-state index contributed by atoms with van der Waals surface area (Å²) in [6.07, 6.45) is 1.32. The van der Waals surface area contributed by atoms with Crippen LogP contribution in [0.25, 0.3) is 0 Å². The molecule has 0 unspecified atom stereocenters. The molecule has 3 nitrogen and oxygen atoms in total. The molecular formula is C7H8ClFN2O. The Morgan fingerprint density at radius 1 is 1.67 bits per heavy atom. The highest BCUT2D eigenvalue weighted by atomic mass is 35.5. The third-order valence-corrected chi connectivity index (χ3v) is 1.34. The first-order valence-electron chi connectivity index (χ1n) is 3.38. The summed E-state index contributed by atoms with van der Waals surface area (Å²) in [4.78, 5) is 3.63. The molecule has 0 radical (unpaired) electrons. The van der Waals surface area contributed by atoms with Crippen LogP contribution in [0, 0.1) is 5.82 Å². The first-order valence-corrected chi connectivity index (χ1v) is 3.75. The van der Waals surface area contributed by atoms with Crippen LogP contribution in [0.3, 0.4) is 0 Å². The molecule has 0 aliphatic carbocycles. The number of nitrogens with two attached hydrogens (primary N) is 1. The second kappa shape index (κ2) is 4.23. The molecule has 66 valence electrons. The number of halogens is 2. The Morgan fingerprint density at radius 2 is 2.42 bits per heavy atom. The molecule has 1 heterocycles. The molecule has 0 saturated carbocycles. The Morgan fingerprint density at radius 3 is 3.00 bits per heavy atom. The number of pyridine rings is 1. The molecule has 0 aliphatic rings. The van der Waals surface area contributed by atoms with Gasteiger partial charge in [-0.05, 0) is 6.07 Å². The van der Waals surface area contributed by atoms with Crippen molar-refractivity contribution in [1.82, 2.24) is 4.98 Å².